The quantitative estimate of drug-likeness (QED) is 0.592. The first kappa shape index (κ1) is 19.2. The SMILES string of the molecule is C[C@@H](O)[C@H]1C(=O)N2C(C(=O)O)=C(SC3CC(N4CCC(N)CC4)C3)[C@H](C)[C@H]12. The molecule has 3 aliphatic heterocycles. The van der Waals surface area contributed by atoms with E-state index in [9.17, 15) is 19.8 Å². The molecule has 3 heterocycles. The van der Waals surface area contributed by atoms with Gasteiger partial charge >= 0.3 is 5.97 Å². The Morgan fingerprint density at radius 1 is 1.30 bits per heavy atom. The average Bonchev–Trinajstić information content (AvgIpc) is 2.80. The number of carboxylic acid groups (broad SMARTS) is 1. The first-order chi connectivity index (χ1) is 12.8. The summed E-state index contributed by atoms with van der Waals surface area (Å²) in [4.78, 5) is 29.0. The zero-order chi connectivity index (χ0) is 19.5. The van der Waals surface area contributed by atoms with Crippen LogP contribution >= 0.6 is 11.8 Å². The number of carbonyl (C=O) groups is 2. The lowest BCUT2D eigenvalue weighted by Gasteiger charge is -2.46. The molecule has 0 spiro atoms. The Kier molecular flexibility index (Phi) is 5.03. The van der Waals surface area contributed by atoms with E-state index < -0.39 is 18.0 Å². The van der Waals surface area contributed by atoms with Crippen LogP contribution in [0.2, 0.25) is 0 Å². The lowest BCUT2D eigenvalue weighted by atomic mass is 9.79. The van der Waals surface area contributed by atoms with Gasteiger partial charge in [-0.05, 0) is 45.7 Å². The molecule has 4 atom stereocenters. The highest BCUT2D eigenvalue weighted by Crippen LogP contribution is 2.53. The number of hydrogen-bond donors (Lipinski definition) is 3. The zero-order valence-electron chi connectivity index (χ0n) is 15.9. The molecule has 150 valence electrons. The minimum atomic E-state index is -1.04. The maximum Gasteiger partial charge on any atom is 0.353 e. The number of β-lactam (4-membered cyclic amide) rings is 1. The second kappa shape index (κ2) is 7.06. The Hall–Kier alpha value is -1.09. The normalized spacial score (nSPS) is 38.4. The predicted molar refractivity (Wildman–Crippen MR) is 103 cm³/mol. The highest BCUT2D eigenvalue weighted by molar-refractivity contribution is 8.03. The molecular formula is C19H29N3O4S. The van der Waals surface area contributed by atoms with Gasteiger partial charge in [0.2, 0.25) is 5.91 Å². The van der Waals surface area contributed by atoms with Gasteiger partial charge < -0.3 is 25.7 Å². The third-order valence-corrected chi connectivity index (χ3v) is 8.30. The largest absolute Gasteiger partial charge is 0.477 e. The smallest absolute Gasteiger partial charge is 0.353 e. The van der Waals surface area contributed by atoms with Crippen molar-refractivity contribution in [1.82, 2.24) is 9.80 Å². The summed E-state index contributed by atoms with van der Waals surface area (Å²) in [6.07, 6.45) is 3.47. The molecule has 0 aromatic carbocycles. The monoisotopic (exact) mass is 395 g/mol. The zero-order valence-corrected chi connectivity index (χ0v) is 16.7. The standard InChI is InChI=1S/C19H29N3O4S/c1-9-15-14(10(2)23)18(24)22(15)16(19(25)26)17(9)27-13-7-12(8-13)21-5-3-11(20)4-6-21/h9-15,23H,3-8,20H2,1-2H3,(H,25,26)/t9-,10-,12?,13?,14-,15-/m1/s1. The number of aliphatic hydroxyl groups excluding tert-OH is 1. The highest BCUT2D eigenvalue weighted by Gasteiger charge is 2.60. The molecule has 27 heavy (non-hydrogen) atoms. The summed E-state index contributed by atoms with van der Waals surface area (Å²) in [6, 6.07) is 0.688. The Bertz CT molecular complexity index is 668. The topological polar surface area (TPSA) is 107 Å². The van der Waals surface area contributed by atoms with Crippen LogP contribution in [0, 0.1) is 11.8 Å². The number of fused-ring (bicyclic) bond motifs is 1. The van der Waals surface area contributed by atoms with Gasteiger partial charge in [-0.15, -0.1) is 11.8 Å². The first-order valence-electron chi connectivity index (χ1n) is 9.94. The molecule has 4 rings (SSSR count). The molecule has 8 heteroatoms. The molecule has 1 saturated carbocycles. The fourth-order valence-corrected chi connectivity index (χ4v) is 6.72. The van der Waals surface area contributed by atoms with Crippen molar-refractivity contribution >= 4 is 23.6 Å². The Morgan fingerprint density at radius 3 is 2.48 bits per heavy atom. The predicted octanol–water partition coefficient (Wildman–Crippen LogP) is 0.827. The van der Waals surface area contributed by atoms with E-state index >= 15 is 0 Å². The number of carbonyl (C=O) groups excluding carboxylic acids is 1. The number of likely N-dealkylation sites (tertiary alicyclic amines) is 1. The van der Waals surface area contributed by atoms with E-state index in [1.165, 1.54) is 4.90 Å². The van der Waals surface area contributed by atoms with Crippen molar-refractivity contribution in [2.75, 3.05) is 13.1 Å². The summed E-state index contributed by atoms with van der Waals surface area (Å²) < 4.78 is 0. The fraction of sp³-hybridized carbons (Fsp3) is 0.789. The van der Waals surface area contributed by atoms with Gasteiger partial charge in [0.1, 0.15) is 5.70 Å². The van der Waals surface area contributed by atoms with Crippen LogP contribution in [-0.4, -0.2) is 74.5 Å². The van der Waals surface area contributed by atoms with Crippen LogP contribution in [0.5, 0.6) is 0 Å². The molecule has 3 fully saturated rings. The molecule has 0 unspecified atom stereocenters. The molecule has 1 amide bonds. The van der Waals surface area contributed by atoms with E-state index in [4.69, 9.17) is 5.73 Å². The van der Waals surface area contributed by atoms with Crippen LogP contribution in [-0.2, 0) is 9.59 Å². The van der Waals surface area contributed by atoms with Gasteiger partial charge in [-0.2, -0.15) is 0 Å². The fourth-order valence-electron chi connectivity index (χ4n) is 5.08. The summed E-state index contributed by atoms with van der Waals surface area (Å²) in [5.41, 5.74) is 6.13. The number of carboxylic acids is 1. The third-order valence-electron chi connectivity index (χ3n) is 6.77. The van der Waals surface area contributed by atoms with Crippen LogP contribution in [0.4, 0.5) is 0 Å². The molecule has 4 aliphatic rings. The van der Waals surface area contributed by atoms with Crippen molar-refractivity contribution in [2.45, 2.75) is 69.0 Å². The van der Waals surface area contributed by atoms with E-state index in [2.05, 4.69) is 4.90 Å². The number of piperidine rings is 1. The van der Waals surface area contributed by atoms with Gasteiger partial charge in [-0.1, -0.05) is 6.92 Å². The summed E-state index contributed by atoms with van der Waals surface area (Å²) in [5, 5.41) is 20.0. The van der Waals surface area contributed by atoms with Crippen molar-refractivity contribution in [1.29, 1.82) is 0 Å². The average molecular weight is 396 g/mol. The van der Waals surface area contributed by atoms with Crippen LogP contribution in [0.1, 0.15) is 39.5 Å². The number of nitrogens with two attached hydrogens (primary N) is 1. The molecule has 1 aliphatic carbocycles. The molecule has 0 aromatic rings. The number of thioether (sulfide) groups is 1. The number of amides is 1. The minimum Gasteiger partial charge on any atom is -0.477 e. The minimum absolute atomic E-state index is 0.0366. The highest BCUT2D eigenvalue weighted by atomic mass is 32.2. The number of hydrogen-bond acceptors (Lipinski definition) is 6. The Morgan fingerprint density at radius 2 is 1.93 bits per heavy atom. The Balaban J connectivity index is 1.42. The van der Waals surface area contributed by atoms with Gasteiger partial charge in [0.05, 0.1) is 18.1 Å². The number of rotatable bonds is 5. The van der Waals surface area contributed by atoms with E-state index in [1.807, 2.05) is 6.92 Å². The first-order valence-corrected chi connectivity index (χ1v) is 10.8. The summed E-state index contributed by atoms with van der Waals surface area (Å²) in [6.45, 7) is 5.71. The van der Waals surface area contributed by atoms with E-state index in [0.29, 0.717) is 17.3 Å². The molecule has 7 nitrogen and oxygen atoms in total. The van der Waals surface area contributed by atoms with Crippen molar-refractivity contribution < 1.29 is 19.8 Å². The van der Waals surface area contributed by atoms with Gasteiger partial charge in [-0.3, -0.25) is 4.79 Å². The van der Waals surface area contributed by atoms with E-state index in [-0.39, 0.29) is 23.6 Å². The molecular weight excluding hydrogens is 366 g/mol. The van der Waals surface area contributed by atoms with Gasteiger partial charge in [-0.25, -0.2) is 4.79 Å². The molecule has 0 aromatic heterocycles. The van der Waals surface area contributed by atoms with E-state index in [0.717, 1.165) is 43.7 Å². The van der Waals surface area contributed by atoms with Crippen LogP contribution in [0.25, 0.3) is 0 Å². The van der Waals surface area contributed by atoms with Crippen molar-refractivity contribution in [3.05, 3.63) is 10.6 Å². The van der Waals surface area contributed by atoms with Crippen molar-refractivity contribution in [3.63, 3.8) is 0 Å². The molecule has 0 bridgehead atoms. The lowest BCUT2D eigenvalue weighted by molar-refractivity contribution is -0.163. The molecule has 2 saturated heterocycles. The second-order valence-corrected chi connectivity index (χ2v) is 9.85. The van der Waals surface area contributed by atoms with Gasteiger partial charge in [0.15, 0.2) is 0 Å². The summed E-state index contributed by atoms with van der Waals surface area (Å²) in [5.74, 6) is -1.82. The lowest BCUT2D eigenvalue weighted by Crippen LogP contribution is -2.63. The molecule has 0 radical (unpaired) electrons. The van der Waals surface area contributed by atoms with Crippen molar-refractivity contribution in [2.24, 2.45) is 17.6 Å². The van der Waals surface area contributed by atoms with E-state index in [1.54, 1.807) is 18.7 Å². The third kappa shape index (κ3) is 3.10. The van der Waals surface area contributed by atoms with Gasteiger partial charge in [0, 0.05) is 28.2 Å². The van der Waals surface area contributed by atoms with Crippen LogP contribution < -0.4 is 5.73 Å². The summed E-state index contributed by atoms with van der Waals surface area (Å²) in [7, 11) is 0. The van der Waals surface area contributed by atoms with Crippen molar-refractivity contribution in [3.8, 4) is 0 Å². The number of aliphatic hydroxyl groups is 1. The van der Waals surface area contributed by atoms with Crippen LogP contribution in [0.3, 0.4) is 0 Å². The number of aliphatic carboxylic acids is 1. The second-order valence-electron chi connectivity index (χ2n) is 8.51. The number of nitrogens with zero attached hydrogens (tertiary/aromatic N) is 2. The van der Waals surface area contributed by atoms with Crippen LogP contribution in [0.15, 0.2) is 10.6 Å². The summed E-state index contributed by atoms with van der Waals surface area (Å²) >= 11 is 1.64. The van der Waals surface area contributed by atoms with Gasteiger partial charge in [0.25, 0.3) is 0 Å². The molecule has 4 N–H and O–H groups in total. The Labute approximate surface area is 163 Å². The maximum atomic E-state index is 12.4. The maximum absolute atomic E-state index is 12.4.